The van der Waals surface area contributed by atoms with Gasteiger partial charge in [0.25, 0.3) is 0 Å². The van der Waals surface area contributed by atoms with Crippen LogP contribution in [0.25, 0.3) is 0 Å². The Balaban J connectivity index is 1.86. The number of piperidine rings is 1. The molecule has 0 amide bonds. The summed E-state index contributed by atoms with van der Waals surface area (Å²) >= 11 is 0. The van der Waals surface area contributed by atoms with Gasteiger partial charge in [0.1, 0.15) is 12.2 Å². The number of pyridine rings is 1. The van der Waals surface area contributed by atoms with Crippen molar-refractivity contribution < 1.29 is 27.4 Å². The molecule has 7 nitrogen and oxygen atoms in total. The van der Waals surface area contributed by atoms with Crippen molar-refractivity contribution in [2.75, 3.05) is 39.9 Å². The number of guanidine groups is 1. The van der Waals surface area contributed by atoms with Gasteiger partial charge in [-0.1, -0.05) is 0 Å². The normalized spacial score (nSPS) is 18.0. The zero-order valence-electron chi connectivity index (χ0n) is 16.0. The van der Waals surface area contributed by atoms with Crippen LogP contribution in [0.4, 0.5) is 13.2 Å². The maximum absolute atomic E-state index is 12.9. The molecule has 0 saturated carbocycles. The average molecular weight is 402 g/mol. The number of carbonyl (C=O) groups excluding carboxylic acids is 1. The van der Waals surface area contributed by atoms with Gasteiger partial charge >= 0.3 is 12.1 Å². The third kappa shape index (κ3) is 6.00. The lowest BCUT2D eigenvalue weighted by atomic mass is 9.98. The van der Waals surface area contributed by atoms with Crippen LogP contribution < -0.4 is 10.1 Å². The Bertz CT molecular complexity index is 682. The molecule has 1 aromatic heterocycles. The number of rotatable bonds is 6. The van der Waals surface area contributed by atoms with Crippen LogP contribution in [0.2, 0.25) is 0 Å². The number of ether oxygens (including phenoxy) is 2. The van der Waals surface area contributed by atoms with Crippen molar-refractivity contribution in [1.82, 2.24) is 15.2 Å². The van der Waals surface area contributed by atoms with Crippen LogP contribution in [0.3, 0.4) is 0 Å². The number of halogens is 3. The number of likely N-dealkylation sites (tertiary alicyclic amines) is 1. The molecule has 0 aliphatic carbocycles. The molecule has 156 valence electrons. The van der Waals surface area contributed by atoms with E-state index in [1.807, 2.05) is 4.90 Å². The third-order valence-corrected chi connectivity index (χ3v) is 4.25. The SMILES string of the molecule is CCOC(=O)C1CCCN(C(=NC)NCCOc2ncccc2C(F)(F)F)C1. The summed E-state index contributed by atoms with van der Waals surface area (Å²) in [6, 6.07) is 2.14. The Morgan fingerprint density at radius 3 is 2.93 bits per heavy atom. The molecule has 1 aliphatic heterocycles. The van der Waals surface area contributed by atoms with Crippen molar-refractivity contribution in [3.63, 3.8) is 0 Å². The summed E-state index contributed by atoms with van der Waals surface area (Å²) < 4.78 is 49.1. The number of aromatic nitrogens is 1. The van der Waals surface area contributed by atoms with Crippen LogP contribution in [0, 0.1) is 5.92 Å². The molecule has 2 heterocycles. The molecule has 1 N–H and O–H groups in total. The van der Waals surface area contributed by atoms with E-state index >= 15 is 0 Å². The highest BCUT2D eigenvalue weighted by molar-refractivity contribution is 5.81. The fraction of sp³-hybridized carbons (Fsp3) is 0.611. The molecular weight excluding hydrogens is 377 g/mol. The summed E-state index contributed by atoms with van der Waals surface area (Å²) in [4.78, 5) is 21.7. The molecule has 1 aromatic rings. The second-order valence-corrected chi connectivity index (χ2v) is 6.21. The van der Waals surface area contributed by atoms with Crippen LogP contribution >= 0.6 is 0 Å². The molecule has 1 fully saturated rings. The second kappa shape index (κ2) is 10.1. The third-order valence-electron chi connectivity index (χ3n) is 4.25. The molecule has 0 bridgehead atoms. The Morgan fingerprint density at radius 1 is 1.46 bits per heavy atom. The topological polar surface area (TPSA) is 76.0 Å². The number of esters is 1. The molecule has 1 atom stereocenters. The van der Waals surface area contributed by atoms with Crippen LogP contribution in [0.5, 0.6) is 5.88 Å². The van der Waals surface area contributed by atoms with E-state index in [1.54, 1.807) is 14.0 Å². The standard InChI is InChI=1S/C18H25F3N4O3/c1-3-27-16(26)13-6-5-10-25(12-13)17(22-2)24-9-11-28-15-14(18(19,20)21)7-4-8-23-15/h4,7-8,13H,3,5-6,9-12H2,1-2H3,(H,22,24). The van der Waals surface area contributed by atoms with Crippen molar-refractivity contribution in [2.45, 2.75) is 25.9 Å². The second-order valence-electron chi connectivity index (χ2n) is 6.21. The Kier molecular flexibility index (Phi) is 7.89. The highest BCUT2D eigenvalue weighted by atomic mass is 19.4. The van der Waals surface area contributed by atoms with Gasteiger partial charge in [-0.2, -0.15) is 13.2 Å². The molecule has 0 spiro atoms. The van der Waals surface area contributed by atoms with Crippen molar-refractivity contribution in [1.29, 1.82) is 0 Å². The van der Waals surface area contributed by atoms with Gasteiger partial charge in [-0.25, -0.2) is 4.98 Å². The summed E-state index contributed by atoms with van der Waals surface area (Å²) in [5, 5.41) is 3.05. The van der Waals surface area contributed by atoms with Gasteiger partial charge in [-0.3, -0.25) is 9.79 Å². The van der Waals surface area contributed by atoms with Crippen molar-refractivity contribution in [3.8, 4) is 5.88 Å². The van der Waals surface area contributed by atoms with Crippen LogP contribution in [-0.4, -0.2) is 61.7 Å². The lowest BCUT2D eigenvalue weighted by molar-refractivity contribution is -0.149. The zero-order chi connectivity index (χ0) is 20.6. The average Bonchev–Trinajstić information content (AvgIpc) is 2.68. The van der Waals surface area contributed by atoms with Crippen LogP contribution in [0.1, 0.15) is 25.3 Å². The van der Waals surface area contributed by atoms with E-state index in [4.69, 9.17) is 9.47 Å². The van der Waals surface area contributed by atoms with E-state index in [2.05, 4.69) is 15.3 Å². The molecule has 0 aromatic carbocycles. The van der Waals surface area contributed by atoms with Gasteiger partial charge in [-0.05, 0) is 31.9 Å². The van der Waals surface area contributed by atoms with Crippen LogP contribution in [-0.2, 0) is 15.7 Å². The molecule has 10 heteroatoms. The minimum atomic E-state index is -4.52. The van der Waals surface area contributed by atoms with E-state index in [1.165, 1.54) is 12.3 Å². The first kappa shape index (κ1) is 21.8. The molecule has 1 unspecified atom stereocenters. The number of carbonyl (C=O) groups is 1. The maximum atomic E-state index is 12.9. The summed E-state index contributed by atoms with van der Waals surface area (Å²) in [7, 11) is 1.61. The van der Waals surface area contributed by atoms with E-state index in [-0.39, 0.29) is 25.0 Å². The fourth-order valence-corrected chi connectivity index (χ4v) is 2.99. The van der Waals surface area contributed by atoms with E-state index in [0.29, 0.717) is 19.1 Å². The summed E-state index contributed by atoms with van der Waals surface area (Å²) in [6.07, 6.45) is -1.69. The lowest BCUT2D eigenvalue weighted by Gasteiger charge is -2.33. The van der Waals surface area contributed by atoms with E-state index in [0.717, 1.165) is 25.5 Å². The number of nitrogens with zero attached hydrogens (tertiary/aromatic N) is 3. The summed E-state index contributed by atoms with van der Waals surface area (Å²) in [5.74, 6) is -0.325. The molecule has 1 saturated heterocycles. The van der Waals surface area contributed by atoms with Gasteiger partial charge in [0.2, 0.25) is 5.88 Å². The first-order chi connectivity index (χ1) is 13.4. The highest BCUT2D eigenvalue weighted by Crippen LogP contribution is 2.34. The number of aliphatic imine (C=N–C) groups is 1. The minimum absolute atomic E-state index is 0.0196. The minimum Gasteiger partial charge on any atom is -0.475 e. The predicted molar refractivity (Wildman–Crippen MR) is 97.0 cm³/mol. The predicted octanol–water partition coefficient (Wildman–Crippen LogP) is 2.33. The Labute approximate surface area is 161 Å². The van der Waals surface area contributed by atoms with Crippen molar-refractivity contribution in [3.05, 3.63) is 23.9 Å². The molecule has 28 heavy (non-hydrogen) atoms. The highest BCUT2D eigenvalue weighted by Gasteiger charge is 2.35. The number of hydrogen-bond donors (Lipinski definition) is 1. The lowest BCUT2D eigenvalue weighted by Crippen LogP contribution is -2.49. The molecule has 1 aliphatic rings. The van der Waals surface area contributed by atoms with Gasteiger partial charge in [0.05, 0.1) is 19.1 Å². The monoisotopic (exact) mass is 402 g/mol. The van der Waals surface area contributed by atoms with Crippen molar-refractivity contribution in [2.24, 2.45) is 10.9 Å². The molecule has 2 rings (SSSR count). The fourth-order valence-electron chi connectivity index (χ4n) is 2.99. The van der Waals surface area contributed by atoms with Gasteiger partial charge in [0.15, 0.2) is 5.96 Å². The smallest absolute Gasteiger partial charge is 0.421 e. The first-order valence-corrected chi connectivity index (χ1v) is 9.14. The number of nitrogens with one attached hydrogen (secondary N) is 1. The van der Waals surface area contributed by atoms with Gasteiger partial charge < -0.3 is 19.7 Å². The number of hydrogen-bond acceptors (Lipinski definition) is 5. The quantitative estimate of drug-likeness (QED) is 0.341. The van der Waals surface area contributed by atoms with Gasteiger partial charge in [-0.15, -0.1) is 0 Å². The number of alkyl halides is 3. The maximum Gasteiger partial charge on any atom is 0.421 e. The zero-order valence-corrected chi connectivity index (χ0v) is 16.0. The van der Waals surface area contributed by atoms with Gasteiger partial charge in [0, 0.05) is 26.3 Å². The summed E-state index contributed by atoms with van der Waals surface area (Å²) in [6.45, 7) is 3.54. The summed E-state index contributed by atoms with van der Waals surface area (Å²) in [5.41, 5.74) is -0.910. The molecular formula is C18H25F3N4O3. The van der Waals surface area contributed by atoms with Crippen LogP contribution in [0.15, 0.2) is 23.3 Å². The van der Waals surface area contributed by atoms with Crippen molar-refractivity contribution >= 4 is 11.9 Å². The Morgan fingerprint density at radius 2 is 2.25 bits per heavy atom. The molecule has 0 radical (unpaired) electrons. The van der Waals surface area contributed by atoms with E-state index < -0.39 is 17.6 Å². The first-order valence-electron chi connectivity index (χ1n) is 9.14. The largest absolute Gasteiger partial charge is 0.475 e. The Hall–Kier alpha value is -2.52. The van der Waals surface area contributed by atoms with E-state index in [9.17, 15) is 18.0 Å².